The van der Waals surface area contributed by atoms with Crippen LogP contribution in [0.1, 0.15) is 57.6 Å². The zero-order valence-electron chi connectivity index (χ0n) is 14.9. The van der Waals surface area contributed by atoms with E-state index in [4.69, 9.17) is 14.5 Å². The SMILES string of the molecule is CC1CCC(Oc2nc(C3C(Oc4ccccn4)C[C@@H]3C)cs2)CC1. The number of nitrogens with zero attached hydrogens (tertiary/aromatic N) is 2. The van der Waals surface area contributed by atoms with Gasteiger partial charge in [0.25, 0.3) is 5.19 Å². The summed E-state index contributed by atoms with van der Waals surface area (Å²) in [5, 5.41) is 2.97. The molecule has 4 rings (SSSR count). The molecule has 0 aromatic carbocycles. The fourth-order valence-corrected chi connectivity index (χ4v) is 4.75. The maximum Gasteiger partial charge on any atom is 0.273 e. The molecule has 2 aliphatic rings. The monoisotopic (exact) mass is 358 g/mol. The highest BCUT2D eigenvalue weighted by Gasteiger charge is 2.42. The lowest BCUT2D eigenvalue weighted by atomic mass is 9.70. The lowest BCUT2D eigenvalue weighted by molar-refractivity contribution is 0.0354. The molecule has 0 spiro atoms. The van der Waals surface area contributed by atoms with E-state index in [2.05, 4.69) is 24.2 Å². The molecule has 2 fully saturated rings. The summed E-state index contributed by atoms with van der Waals surface area (Å²) in [5.41, 5.74) is 1.11. The maximum absolute atomic E-state index is 6.15. The topological polar surface area (TPSA) is 44.2 Å². The minimum absolute atomic E-state index is 0.162. The third-order valence-electron chi connectivity index (χ3n) is 5.60. The van der Waals surface area contributed by atoms with Crippen LogP contribution in [0.15, 0.2) is 29.8 Å². The van der Waals surface area contributed by atoms with Crippen LogP contribution < -0.4 is 9.47 Å². The van der Waals surface area contributed by atoms with Gasteiger partial charge in [0.15, 0.2) is 0 Å². The molecule has 5 heteroatoms. The van der Waals surface area contributed by atoms with Crippen molar-refractivity contribution in [2.45, 2.75) is 64.1 Å². The molecule has 0 saturated heterocycles. The van der Waals surface area contributed by atoms with Crippen molar-refractivity contribution in [2.24, 2.45) is 11.8 Å². The van der Waals surface area contributed by atoms with Crippen molar-refractivity contribution in [2.75, 3.05) is 0 Å². The summed E-state index contributed by atoms with van der Waals surface area (Å²) in [4.78, 5) is 9.06. The van der Waals surface area contributed by atoms with E-state index in [9.17, 15) is 0 Å². The Hall–Kier alpha value is -1.62. The second-order valence-electron chi connectivity index (χ2n) is 7.60. The first-order valence-corrected chi connectivity index (χ1v) is 10.3. The number of aromatic nitrogens is 2. The standard InChI is InChI=1S/C20H26N2O2S/c1-13-6-8-15(9-7-13)23-20-22-16(12-25-20)19-14(2)11-17(19)24-18-5-3-4-10-21-18/h3-5,10,12-15,17,19H,6-9,11H2,1-2H3/t13?,14-,15?,17?,19?/m0/s1. The summed E-state index contributed by atoms with van der Waals surface area (Å²) in [7, 11) is 0. The molecule has 4 nitrogen and oxygen atoms in total. The molecule has 3 atom stereocenters. The van der Waals surface area contributed by atoms with Crippen molar-refractivity contribution in [3.8, 4) is 11.1 Å². The number of ether oxygens (including phenoxy) is 2. The summed E-state index contributed by atoms with van der Waals surface area (Å²) in [6.07, 6.45) is 8.17. The molecule has 0 radical (unpaired) electrons. The Morgan fingerprint density at radius 3 is 2.64 bits per heavy atom. The average Bonchev–Trinajstić information content (AvgIpc) is 3.04. The molecular weight excluding hydrogens is 332 g/mol. The lowest BCUT2D eigenvalue weighted by Crippen LogP contribution is -2.42. The highest BCUT2D eigenvalue weighted by molar-refractivity contribution is 7.11. The molecule has 2 aromatic heterocycles. The Balaban J connectivity index is 1.38. The Kier molecular flexibility index (Phi) is 4.93. The largest absolute Gasteiger partial charge is 0.474 e. The van der Waals surface area contributed by atoms with Gasteiger partial charge in [0.05, 0.1) is 5.69 Å². The number of pyridine rings is 1. The summed E-state index contributed by atoms with van der Waals surface area (Å²) in [6, 6.07) is 5.78. The van der Waals surface area contributed by atoms with Gasteiger partial charge in [-0.15, -0.1) is 0 Å². The Morgan fingerprint density at radius 2 is 1.92 bits per heavy atom. The number of rotatable bonds is 5. The van der Waals surface area contributed by atoms with Gasteiger partial charge < -0.3 is 9.47 Å². The zero-order chi connectivity index (χ0) is 17.2. The molecule has 2 unspecified atom stereocenters. The van der Waals surface area contributed by atoms with Crippen LogP contribution >= 0.6 is 11.3 Å². The van der Waals surface area contributed by atoms with Gasteiger partial charge in [-0.2, -0.15) is 0 Å². The van der Waals surface area contributed by atoms with Gasteiger partial charge >= 0.3 is 0 Å². The highest BCUT2D eigenvalue weighted by Crippen LogP contribution is 2.45. The first-order valence-electron chi connectivity index (χ1n) is 9.39. The van der Waals surface area contributed by atoms with Gasteiger partial charge in [0, 0.05) is 23.6 Å². The van der Waals surface area contributed by atoms with Gasteiger partial charge in [-0.1, -0.05) is 31.3 Å². The number of hydrogen-bond acceptors (Lipinski definition) is 5. The first-order chi connectivity index (χ1) is 12.2. The van der Waals surface area contributed by atoms with Crippen LogP contribution in [-0.2, 0) is 0 Å². The number of thiazole rings is 1. The zero-order valence-corrected chi connectivity index (χ0v) is 15.7. The molecule has 2 heterocycles. The number of hydrogen-bond donors (Lipinski definition) is 0. The molecule has 25 heavy (non-hydrogen) atoms. The van der Waals surface area contributed by atoms with Gasteiger partial charge in [-0.3, -0.25) is 0 Å². The van der Waals surface area contributed by atoms with Crippen molar-refractivity contribution in [1.82, 2.24) is 9.97 Å². The van der Waals surface area contributed by atoms with Crippen LogP contribution in [0.2, 0.25) is 0 Å². The van der Waals surface area contributed by atoms with E-state index in [0.717, 1.165) is 36.1 Å². The third-order valence-corrected chi connectivity index (χ3v) is 6.35. The minimum atomic E-state index is 0.162. The first kappa shape index (κ1) is 16.8. The predicted octanol–water partition coefficient (Wildman–Crippen LogP) is 5.07. The van der Waals surface area contributed by atoms with Crippen molar-refractivity contribution in [3.63, 3.8) is 0 Å². The molecular formula is C20H26N2O2S. The predicted molar refractivity (Wildman–Crippen MR) is 99.3 cm³/mol. The molecule has 2 saturated carbocycles. The van der Waals surface area contributed by atoms with Crippen molar-refractivity contribution < 1.29 is 9.47 Å². The van der Waals surface area contributed by atoms with E-state index >= 15 is 0 Å². The average molecular weight is 359 g/mol. The Morgan fingerprint density at radius 1 is 1.08 bits per heavy atom. The van der Waals surface area contributed by atoms with Gasteiger partial charge in [0.2, 0.25) is 5.88 Å². The second kappa shape index (κ2) is 7.32. The van der Waals surface area contributed by atoms with E-state index in [-0.39, 0.29) is 6.10 Å². The molecule has 0 amide bonds. The van der Waals surface area contributed by atoms with Crippen molar-refractivity contribution >= 4 is 11.3 Å². The van der Waals surface area contributed by atoms with E-state index in [1.807, 2.05) is 18.2 Å². The lowest BCUT2D eigenvalue weighted by Gasteiger charge is -2.41. The molecule has 0 aliphatic heterocycles. The second-order valence-corrected chi connectivity index (χ2v) is 8.42. The van der Waals surface area contributed by atoms with Gasteiger partial charge in [-0.05, 0) is 50.0 Å². The molecule has 134 valence electrons. The van der Waals surface area contributed by atoms with Gasteiger partial charge in [0.1, 0.15) is 12.2 Å². The summed E-state index contributed by atoms with van der Waals surface area (Å²) in [5.74, 6) is 2.46. The van der Waals surface area contributed by atoms with E-state index in [1.165, 1.54) is 12.8 Å². The minimum Gasteiger partial charge on any atom is -0.474 e. The molecule has 2 aromatic rings. The molecule has 0 N–H and O–H groups in total. The fourth-order valence-electron chi connectivity index (χ4n) is 3.97. The fraction of sp³-hybridized carbons (Fsp3) is 0.600. The van der Waals surface area contributed by atoms with Crippen LogP contribution in [0.25, 0.3) is 0 Å². The molecule has 0 bridgehead atoms. The van der Waals surface area contributed by atoms with Crippen molar-refractivity contribution in [3.05, 3.63) is 35.5 Å². The van der Waals surface area contributed by atoms with Crippen LogP contribution in [0.4, 0.5) is 0 Å². The van der Waals surface area contributed by atoms with Crippen LogP contribution in [0, 0.1) is 11.8 Å². The molecule has 2 aliphatic carbocycles. The van der Waals surface area contributed by atoms with Crippen molar-refractivity contribution in [1.29, 1.82) is 0 Å². The van der Waals surface area contributed by atoms with Crippen LogP contribution in [-0.4, -0.2) is 22.2 Å². The van der Waals surface area contributed by atoms with E-state index in [1.54, 1.807) is 17.5 Å². The van der Waals surface area contributed by atoms with Crippen LogP contribution in [0.3, 0.4) is 0 Å². The summed E-state index contributed by atoms with van der Waals surface area (Å²) >= 11 is 1.63. The Bertz CT molecular complexity index is 682. The quantitative estimate of drug-likeness (QED) is 0.749. The maximum atomic E-state index is 6.15. The van der Waals surface area contributed by atoms with E-state index in [0.29, 0.717) is 23.8 Å². The van der Waals surface area contributed by atoms with Gasteiger partial charge in [-0.25, -0.2) is 9.97 Å². The summed E-state index contributed by atoms with van der Waals surface area (Å²) < 4.78 is 12.2. The highest BCUT2D eigenvalue weighted by atomic mass is 32.1. The normalized spacial score (nSPS) is 32.0. The Labute approximate surface area is 153 Å². The van der Waals surface area contributed by atoms with E-state index < -0.39 is 0 Å². The summed E-state index contributed by atoms with van der Waals surface area (Å²) in [6.45, 7) is 4.60. The smallest absolute Gasteiger partial charge is 0.273 e. The third kappa shape index (κ3) is 3.81. The van der Waals surface area contributed by atoms with Crippen LogP contribution in [0.5, 0.6) is 11.1 Å².